The summed E-state index contributed by atoms with van der Waals surface area (Å²) in [7, 11) is -1.50. The van der Waals surface area contributed by atoms with Crippen LogP contribution in [0.4, 0.5) is 0 Å². The van der Waals surface area contributed by atoms with Gasteiger partial charge in [-0.15, -0.1) is 0 Å². The van der Waals surface area contributed by atoms with Gasteiger partial charge in [-0.05, 0) is 0 Å². The van der Waals surface area contributed by atoms with E-state index in [-0.39, 0.29) is 24.8 Å². The van der Waals surface area contributed by atoms with Gasteiger partial charge in [0.05, 0.1) is 0 Å². The van der Waals surface area contributed by atoms with Crippen LogP contribution in [-0.2, 0) is 23.2 Å². The van der Waals surface area contributed by atoms with E-state index in [0.717, 1.165) is 0 Å². The summed E-state index contributed by atoms with van der Waals surface area (Å²) in [6.45, 7) is 10.5. The fraction of sp³-hybridized carbons (Fsp3) is 0.385. The van der Waals surface area contributed by atoms with E-state index < -0.39 is 31.3 Å². The molecule has 0 bridgehead atoms. The van der Waals surface area contributed by atoms with Crippen molar-refractivity contribution in [3.63, 3.8) is 0 Å². The van der Waals surface area contributed by atoms with Crippen molar-refractivity contribution in [1.29, 1.82) is 0 Å². The molecule has 2 aliphatic carbocycles. The Morgan fingerprint density at radius 2 is 1.13 bits per heavy atom. The summed E-state index contributed by atoms with van der Waals surface area (Å²) >= 11 is -0.630. The molecule has 5 rings (SSSR count). The summed E-state index contributed by atoms with van der Waals surface area (Å²) < 4.78 is 1.28. The minimum Gasteiger partial charge on any atom is -1.00 e. The predicted octanol–water partition coefficient (Wildman–Crippen LogP) is 1.64. The zero-order chi connectivity index (χ0) is 19.6. The zero-order valence-corrected chi connectivity index (χ0v) is 23.2. The molecule has 1 fully saturated rings. The molecule has 1 aliphatic heterocycles. The Bertz CT molecular complexity index is 921. The van der Waals surface area contributed by atoms with Crippen LogP contribution >= 0.6 is 0 Å². The summed E-state index contributed by atoms with van der Waals surface area (Å²) in [5.41, 5.74) is 6.20. The van der Waals surface area contributed by atoms with Gasteiger partial charge in [-0.1, -0.05) is 0 Å². The maximum Gasteiger partial charge on any atom is -1.00 e. The van der Waals surface area contributed by atoms with Crippen LogP contribution in [0.1, 0.15) is 60.8 Å². The van der Waals surface area contributed by atoms with E-state index in [4.69, 9.17) is 0 Å². The second kappa shape index (κ2) is 8.51. The number of rotatable bonds is 4. The van der Waals surface area contributed by atoms with Gasteiger partial charge in [0.2, 0.25) is 0 Å². The third-order valence-electron chi connectivity index (χ3n) is 8.45. The van der Waals surface area contributed by atoms with Crippen molar-refractivity contribution in [3.05, 3.63) is 82.9 Å². The maximum atomic E-state index is 2.76. The van der Waals surface area contributed by atoms with E-state index in [2.05, 4.69) is 99.8 Å². The first kappa shape index (κ1) is 24.2. The van der Waals surface area contributed by atoms with Crippen LogP contribution in [0.5, 0.6) is 0 Å². The zero-order valence-electron chi connectivity index (χ0n) is 18.3. The number of hydrogen-bond acceptors (Lipinski definition) is 0. The molecule has 30 heavy (non-hydrogen) atoms. The van der Waals surface area contributed by atoms with Crippen molar-refractivity contribution in [2.45, 2.75) is 57.1 Å². The Kier molecular flexibility index (Phi) is 6.88. The molecule has 4 unspecified atom stereocenters. The molecule has 2 aromatic rings. The Balaban J connectivity index is 0.00000128. The van der Waals surface area contributed by atoms with Gasteiger partial charge in [0.1, 0.15) is 0 Å². The molecule has 0 aromatic heterocycles. The van der Waals surface area contributed by atoms with Crippen LogP contribution in [0.15, 0.2) is 60.7 Å². The third kappa shape index (κ3) is 2.93. The average Bonchev–Trinajstić information content (AvgIpc) is 3.34. The summed E-state index contributed by atoms with van der Waals surface area (Å²) in [5, 5.41) is 0. The SMILES string of the molecule is CC[C]1(C2C=Cc3ccccc32)[Zr+2][C](CC)(C2C=Cc3ccccc32)[Si]1(C)C.[Cl-].[Cl-]. The van der Waals surface area contributed by atoms with Gasteiger partial charge >= 0.3 is 184 Å². The summed E-state index contributed by atoms with van der Waals surface area (Å²) in [4.78, 5) is 0. The van der Waals surface area contributed by atoms with Gasteiger partial charge in [0, 0.05) is 0 Å². The first-order valence-corrected chi connectivity index (χ1v) is 16.3. The van der Waals surface area contributed by atoms with Crippen molar-refractivity contribution < 1.29 is 48.0 Å². The second-order valence-corrected chi connectivity index (χ2v) is 21.8. The third-order valence-corrected chi connectivity index (χ3v) is 30.4. The normalized spacial score (nSPS) is 31.3. The fourth-order valence-corrected chi connectivity index (χ4v) is 25.6. The van der Waals surface area contributed by atoms with E-state index >= 15 is 0 Å². The fourth-order valence-electron chi connectivity index (χ4n) is 6.84. The Labute approximate surface area is 207 Å². The smallest absolute Gasteiger partial charge is 1.00 e. The molecule has 1 heterocycles. The molecule has 0 amide bonds. The standard InChI is InChI=1S/C26H30Si.2ClH.Zr/c1-5-25(23-17-15-19-11-7-9-13-21(19)23)27(3,4)26(6-2)24-18-16-20-12-8-10-14-22(20)24;;;/h7-18,23-24H,5-6H2,1-4H3;2*1H;/q;;;+2/p-2. The largest absolute Gasteiger partial charge is 1.00 e. The van der Waals surface area contributed by atoms with Crippen LogP contribution in [0.3, 0.4) is 0 Å². The molecule has 2 aromatic carbocycles. The average molecular weight is 533 g/mol. The molecule has 0 radical (unpaired) electrons. The monoisotopic (exact) mass is 530 g/mol. The van der Waals surface area contributed by atoms with Gasteiger partial charge in [-0.3, -0.25) is 0 Å². The Morgan fingerprint density at radius 1 is 0.733 bits per heavy atom. The Morgan fingerprint density at radius 3 is 1.50 bits per heavy atom. The van der Waals surface area contributed by atoms with Crippen LogP contribution in [0.2, 0.25) is 18.6 Å². The molecule has 0 saturated carbocycles. The van der Waals surface area contributed by atoms with Gasteiger partial charge < -0.3 is 24.8 Å². The van der Waals surface area contributed by atoms with Gasteiger partial charge in [-0.25, -0.2) is 0 Å². The molecule has 3 aliphatic rings. The number of halogens is 2. The quantitative estimate of drug-likeness (QED) is 0.526. The topological polar surface area (TPSA) is 0 Å². The van der Waals surface area contributed by atoms with Crippen molar-refractivity contribution in [2.75, 3.05) is 0 Å². The summed E-state index contributed by atoms with van der Waals surface area (Å²) in [5.74, 6) is 1.37. The number of benzene rings is 2. The van der Waals surface area contributed by atoms with Crippen molar-refractivity contribution in [3.8, 4) is 0 Å². The van der Waals surface area contributed by atoms with Crippen molar-refractivity contribution in [2.24, 2.45) is 0 Å². The molecule has 1 saturated heterocycles. The number of allylic oxidation sites excluding steroid dienone is 2. The van der Waals surface area contributed by atoms with Gasteiger partial charge in [0.15, 0.2) is 0 Å². The molecule has 4 atom stereocenters. The van der Waals surface area contributed by atoms with Crippen LogP contribution in [-0.4, -0.2) is 8.07 Å². The molecule has 0 nitrogen and oxygen atoms in total. The predicted molar refractivity (Wildman–Crippen MR) is 120 cm³/mol. The number of hydrogen-bond donors (Lipinski definition) is 0. The first-order chi connectivity index (χ1) is 13.5. The molecule has 0 N–H and O–H groups in total. The van der Waals surface area contributed by atoms with Crippen LogP contribution in [0, 0.1) is 0 Å². The van der Waals surface area contributed by atoms with E-state index in [1.54, 1.807) is 11.1 Å². The molecule has 4 heteroatoms. The van der Waals surface area contributed by atoms with Crippen molar-refractivity contribution in [1.82, 2.24) is 0 Å². The van der Waals surface area contributed by atoms with E-state index in [0.29, 0.717) is 17.3 Å². The van der Waals surface area contributed by atoms with E-state index in [1.807, 2.05) is 0 Å². The molecular weight excluding hydrogens is 503 g/mol. The molecule has 0 spiro atoms. The van der Waals surface area contributed by atoms with Crippen LogP contribution < -0.4 is 24.8 Å². The second-order valence-electron chi connectivity index (χ2n) is 9.33. The number of fused-ring (bicyclic) bond motifs is 2. The molecular formula is C26H30Cl2SiZr. The van der Waals surface area contributed by atoms with E-state index in [1.165, 1.54) is 24.0 Å². The Hall–Kier alpha value is -0.400. The molecule has 156 valence electrons. The summed E-state index contributed by atoms with van der Waals surface area (Å²) in [6.07, 6.45) is 12.8. The summed E-state index contributed by atoms with van der Waals surface area (Å²) in [6, 6.07) is 18.4. The maximum absolute atomic E-state index is 2.76. The first-order valence-electron chi connectivity index (χ1n) is 10.8. The van der Waals surface area contributed by atoms with Gasteiger partial charge in [0.25, 0.3) is 0 Å². The van der Waals surface area contributed by atoms with Gasteiger partial charge in [-0.2, -0.15) is 0 Å². The minimum atomic E-state index is -1.50. The van der Waals surface area contributed by atoms with Crippen molar-refractivity contribution >= 4 is 20.2 Å². The van der Waals surface area contributed by atoms with E-state index in [9.17, 15) is 0 Å². The van der Waals surface area contributed by atoms with Crippen LogP contribution in [0.25, 0.3) is 12.2 Å². The minimum absolute atomic E-state index is 0.